The standard InChI is InChI=1S/C14H21ClN2OS/c1-14(2,9-16)10-17(3)13(18)8-19-12-6-4-11(15)5-7-12/h4-7H,8-10,16H2,1-3H3. The maximum atomic E-state index is 12.0. The lowest BCUT2D eigenvalue weighted by atomic mass is 9.93. The summed E-state index contributed by atoms with van der Waals surface area (Å²) >= 11 is 7.34. The van der Waals surface area contributed by atoms with Crippen molar-refractivity contribution in [2.45, 2.75) is 18.7 Å². The van der Waals surface area contributed by atoms with Gasteiger partial charge in [-0.1, -0.05) is 25.4 Å². The van der Waals surface area contributed by atoms with Crippen molar-refractivity contribution < 1.29 is 4.79 Å². The molecule has 1 aromatic carbocycles. The minimum Gasteiger partial charge on any atom is -0.344 e. The minimum atomic E-state index is -0.0463. The molecule has 1 aromatic rings. The van der Waals surface area contributed by atoms with Crippen LogP contribution in [0.1, 0.15) is 13.8 Å². The first-order chi connectivity index (χ1) is 8.84. The van der Waals surface area contributed by atoms with Crippen molar-refractivity contribution in [3.8, 4) is 0 Å². The van der Waals surface area contributed by atoms with Gasteiger partial charge in [0.2, 0.25) is 5.91 Å². The minimum absolute atomic E-state index is 0.0463. The molecule has 0 saturated heterocycles. The highest BCUT2D eigenvalue weighted by Gasteiger charge is 2.20. The Hall–Kier alpha value is -0.710. The highest BCUT2D eigenvalue weighted by Crippen LogP contribution is 2.21. The summed E-state index contributed by atoms with van der Waals surface area (Å²) in [6.45, 7) is 5.35. The second-order valence-electron chi connectivity index (χ2n) is 5.36. The average Bonchev–Trinajstić information content (AvgIpc) is 2.37. The third-order valence-corrected chi connectivity index (χ3v) is 4.07. The molecule has 0 saturated carbocycles. The molecule has 19 heavy (non-hydrogen) atoms. The van der Waals surface area contributed by atoms with Crippen molar-refractivity contribution in [3.05, 3.63) is 29.3 Å². The molecule has 0 aliphatic rings. The van der Waals surface area contributed by atoms with E-state index in [9.17, 15) is 4.79 Å². The zero-order valence-corrected chi connectivity index (χ0v) is 13.2. The van der Waals surface area contributed by atoms with Crippen molar-refractivity contribution in [1.29, 1.82) is 0 Å². The molecule has 0 aromatic heterocycles. The van der Waals surface area contributed by atoms with E-state index in [1.54, 1.807) is 4.90 Å². The topological polar surface area (TPSA) is 46.3 Å². The van der Waals surface area contributed by atoms with Gasteiger partial charge in [0.1, 0.15) is 0 Å². The first-order valence-corrected chi connectivity index (χ1v) is 7.53. The average molecular weight is 301 g/mol. The van der Waals surface area contributed by atoms with E-state index in [-0.39, 0.29) is 11.3 Å². The fourth-order valence-corrected chi connectivity index (χ4v) is 2.55. The van der Waals surface area contributed by atoms with Gasteiger partial charge in [-0.15, -0.1) is 11.8 Å². The Labute approximate surface area is 124 Å². The van der Waals surface area contributed by atoms with Crippen LogP contribution in [0.15, 0.2) is 29.2 Å². The molecule has 0 aliphatic heterocycles. The van der Waals surface area contributed by atoms with E-state index in [0.29, 0.717) is 23.9 Å². The number of carbonyl (C=O) groups is 1. The Morgan fingerprint density at radius 3 is 2.47 bits per heavy atom. The van der Waals surface area contributed by atoms with Crippen molar-refractivity contribution >= 4 is 29.3 Å². The number of halogens is 1. The lowest BCUT2D eigenvalue weighted by Gasteiger charge is -2.29. The Bertz CT molecular complexity index is 420. The number of benzene rings is 1. The molecular weight excluding hydrogens is 280 g/mol. The summed E-state index contributed by atoms with van der Waals surface area (Å²) in [6, 6.07) is 7.50. The van der Waals surface area contributed by atoms with Crippen LogP contribution in [0.25, 0.3) is 0 Å². The van der Waals surface area contributed by atoms with Gasteiger partial charge in [-0.3, -0.25) is 4.79 Å². The molecule has 0 heterocycles. The summed E-state index contributed by atoms with van der Waals surface area (Å²) in [6.07, 6.45) is 0. The van der Waals surface area contributed by atoms with Crippen LogP contribution in [-0.2, 0) is 4.79 Å². The molecule has 0 radical (unpaired) electrons. The van der Waals surface area contributed by atoms with E-state index in [4.69, 9.17) is 17.3 Å². The molecule has 0 aliphatic carbocycles. The number of amides is 1. The molecule has 0 atom stereocenters. The summed E-state index contributed by atoms with van der Waals surface area (Å²) in [7, 11) is 1.82. The van der Waals surface area contributed by atoms with Gasteiger partial charge in [0.25, 0.3) is 0 Å². The summed E-state index contributed by atoms with van der Waals surface area (Å²) in [5.41, 5.74) is 5.63. The van der Waals surface area contributed by atoms with Crippen LogP contribution < -0.4 is 5.73 Å². The second kappa shape index (κ2) is 7.17. The third kappa shape index (κ3) is 5.85. The van der Waals surface area contributed by atoms with Crippen molar-refractivity contribution in [2.75, 3.05) is 25.9 Å². The first-order valence-electron chi connectivity index (χ1n) is 6.16. The first kappa shape index (κ1) is 16.3. The van der Waals surface area contributed by atoms with E-state index in [2.05, 4.69) is 13.8 Å². The fraction of sp³-hybridized carbons (Fsp3) is 0.500. The van der Waals surface area contributed by atoms with E-state index in [0.717, 1.165) is 4.90 Å². The highest BCUT2D eigenvalue weighted by molar-refractivity contribution is 8.00. The zero-order chi connectivity index (χ0) is 14.5. The van der Waals surface area contributed by atoms with Gasteiger partial charge in [-0.25, -0.2) is 0 Å². The predicted octanol–water partition coefficient (Wildman–Crippen LogP) is 2.88. The van der Waals surface area contributed by atoms with Crippen LogP contribution >= 0.6 is 23.4 Å². The zero-order valence-electron chi connectivity index (χ0n) is 11.6. The third-order valence-electron chi connectivity index (χ3n) is 2.82. The number of nitrogens with two attached hydrogens (primary N) is 1. The van der Waals surface area contributed by atoms with Crippen LogP contribution in [0.3, 0.4) is 0 Å². The molecule has 1 amide bonds. The summed E-state index contributed by atoms with van der Waals surface area (Å²) in [5.74, 6) is 0.542. The number of thioether (sulfide) groups is 1. The summed E-state index contributed by atoms with van der Waals surface area (Å²) in [5, 5.41) is 0.706. The monoisotopic (exact) mass is 300 g/mol. The van der Waals surface area contributed by atoms with Crippen LogP contribution in [0.2, 0.25) is 5.02 Å². The highest BCUT2D eigenvalue weighted by atomic mass is 35.5. The molecular formula is C14H21ClN2OS. The number of hydrogen-bond donors (Lipinski definition) is 1. The SMILES string of the molecule is CN(CC(C)(C)CN)C(=O)CSc1ccc(Cl)cc1. The lowest BCUT2D eigenvalue weighted by molar-refractivity contribution is -0.128. The van der Waals surface area contributed by atoms with Crippen LogP contribution in [0, 0.1) is 5.41 Å². The molecule has 106 valence electrons. The quantitative estimate of drug-likeness (QED) is 0.822. The Kier molecular flexibility index (Phi) is 6.17. The molecule has 0 bridgehead atoms. The number of carbonyl (C=O) groups excluding carboxylic acids is 1. The van der Waals surface area contributed by atoms with Gasteiger partial charge in [0.15, 0.2) is 0 Å². The van der Waals surface area contributed by atoms with Crippen LogP contribution in [-0.4, -0.2) is 36.7 Å². The van der Waals surface area contributed by atoms with Crippen LogP contribution in [0.4, 0.5) is 0 Å². The van der Waals surface area contributed by atoms with Gasteiger partial charge in [-0.2, -0.15) is 0 Å². The normalized spacial score (nSPS) is 11.4. The molecule has 0 unspecified atom stereocenters. The molecule has 5 heteroatoms. The Balaban J connectivity index is 2.44. The summed E-state index contributed by atoms with van der Waals surface area (Å²) < 4.78 is 0. The van der Waals surface area contributed by atoms with Crippen molar-refractivity contribution in [3.63, 3.8) is 0 Å². The fourth-order valence-electron chi connectivity index (χ4n) is 1.58. The van der Waals surface area contributed by atoms with E-state index < -0.39 is 0 Å². The molecule has 0 spiro atoms. The van der Waals surface area contributed by atoms with Crippen LogP contribution in [0.5, 0.6) is 0 Å². The lowest BCUT2D eigenvalue weighted by Crippen LogP contribution is -2.40. The second-order valence-corrected chi connectivity index (χ2v) is 6.85. The van der Waals surface area contributed by atoms with Gasteiger partial charge in [0.05, 0.1) is 5.75 Å². The Morgan fingerprint density at radius 2 is 1.95 bits per heavy atom. The maximum Gasteiger partial charge on any atom is 0.232 e. The van der Waals surface area contributed by atoms with E-state index in [1.807, 2.05) is 31.3 Å². The Morgan fingerprint density at radius 1 is 1.37 bits per heavy atom. The molecule has 2 N–H and O–H groups in total. The van der Waals surface area contributed by atoms with Gasteiger partial charge >= 0.3 is 0 Å². The molecule has 3 nitrogen and oxygen atoms in total. The number of rotatable bonds is 6. The van der Waals surface area contributed by atoms with Crippen molar-refractivity contribution in [1.82, 2.24) is 4.90 Å². The molecule has 0 fully saturated rings. The maximum absolute atomic E-state index is 12.0. The van der Waals surface area contributed by atoms with Gasteiger partial charge in [0, 0.05) is 23.5 Å². The largest absolute Gasteiger partial charge is 0.344 e. The van der Waals surface area contributed by atoms with Crippen molar-refractivity contribution in [2.24, 2.45) is 11.1 Å². The molecule has 1 rings (SSSR count). The van der Waals surface area contributed by atoms with E-state index >= 15 is 0 Å². The van der Waals surface area contributed by atoms with Gasteiger partial charge in [-0.05, 0) is 36.2 Å². The smallest absolute Gasteiger partial charge is 0.232 e. The summed E-state index contributed by atoms with van der Waals surface area (Å²) in [4.78, 5) is 14.8. The number of nitrogens with zero attached hydrogens (tertiary/aromatic N) is 1. The number of hydrogen-bond acceptors (Lipinski definition) is 3. The van der Waals surface area contributed by atoms with E-state index in [1.165, 1.54) is 11.8 Å². The predicted molar refractivity (Wildman–Crippen MR) is 82.6 cm³/mol. The van der Waals surface area contributed by atoms with Gasteiger partial charge < -0.3 is 10.6 Å².